The van der Waals surface area contributed by atoms with Crippen molar-refractivity contribution in [2.24, 2.45) is 0 Å². The normalized spacial score (nSPS) is 13.6. The molecule has 7 nitrogen and oxygen atoms in total. The Kier molecular flexibility index (Phi) is 5.68. The first kappa shape index (κ1) is 18.1. The van der Waals surface area contributed by atoms with Crippen LogP contribution in [0.1, 0.15) is 27.4 Å². The molecule has 2 aromatic rings. The van der Waals surface area contributed by atoms with Gasteiger partial charge in [0.2, 0.25) is 5.91 Å². The van der Waals surface area contributed by atoms with Crippen molar-refractivity contribution in [3.05, 3.63) is 52.9 Å². The summed E-state index contributed by atoms with van der Waals surface area (Å²) < 4.78 is 5.32. The molecule has 0 atom stereocenters. The maximum atomic E-state index is 12.6. The molecule has 0 aliphatic carbocycles. The van der Waals surface area contributed by atoms with Crippen molar-refractivity contribution in [3.63, 3.8) is 0 Å². The number of amides is 2. The van der Waals surface area contributed by atoms with E-state index >= 15 is 0 Å². The van der Waals surface area contributed by atoms with Gasteiger partial charge in [0.25, 0.3) is 5.91 Å². The second-order valence-electron chi connectivity index (χ2n) is 6.72. The van der Waals surface area contributed by atoms with E-state index in [1.54, 1.807) is 4.90 Å². The van der Waals surface area contributed by atoms with Gasteiger partial charge < -0.3 is 19.6 Å². The van der Waals surface area contributed by atoms with Crippen LogP contribution in [0.15, 0.2) is 34.9 Å². The predicted octanol–water partition coefficient (Wildman–Crippen LogP) is 1.09. The van der Waals surface area contributed by atoms with E-state index in [1.165, 1.54) is 0 Å². The third kappa shape index (κ3) is 4.29. The fraction of sp³-hybridized carbons (Fsp3) is 0.421. The SMILES string of the molecule is CN(C)CCNC(=O)c1noc2c1CN(C(=O)Cc1ccccc1)CC2. The third-order valence-electron chi connectivity index (χ3n) is 4.44. The molecule has 0 radical (unpaired) electrons. The van der Waals surface area contributed by atoms with Gasteiger partial charge in [-0.1, -0.05) is 35.5 Å². The topological polar surface area (TPSA) is 78.7 Å². The van der Waals surface area contributed by atoms with E-state index in [2.05, 4.69) is 10.5 Å². The highest BCUT2D eigenvalue weighted by Gasteiger charge is 2.29. The number of aromatic nitrogens is 1. The minimum atomic E-state index is -0.255. The highest BCUT2D eigenvalue weighted by molar-refractivity contribution is 5.94. The van der Waals surface area contributed by atoms with Crippen LogP contribution in [-0.4, -0.2) is 60.5 Å². The lowest BCUT2D eigenvalue weighted by Crippen LogP contribution is -2.38. The second-order valence-corrected chi connectivity index (χ2v) is 6.72. The maximum Gasteiger partial charge on any atom is 0.273 e. The van der Waals surface area contributed by atoms with Crippen LogP contribution >= 0.6 is 0 Å². The Hall–Kier alpha value is -2.67. The summed E-state index contributed by atoms with van der Waals surface area (Å²) in [7, 11) is 3.89. The summed E-state index contributed by atoms with van der Waals surface area (Å²) in [5.74, 6) is 0.489. The average molecular weight is 356 g/mol. The zero-order valence-electron chi connectivity index (χ0n) is 15.2. The van der Waals surface area contributed by atoms with E-state index in [-0.39, 0.29) is 17.5 Å². The van der Waals surface area contributed by atoms with Gasteiger partial charge in [0.05, 0.1) is 13.0 Å². The van der Waals surface area contributed by atoms with Crippen LogP contribution in [0.2, 0.25) is 0 Å². The molecule has 138 valence electrons. The molecule has 0 fully saturated rings. The number of hydrogen-bond donors (Lipinski definition) is 1. The molecule has 2 amide bonds. The van der Waals surface area contributed by atoms with Crippen molar-refractivity contribution >= 4 is 11.8 Å². The lowest BCUT2D eigenvalue weighted by Gasteiger charge is -2.26. The number of likely N-dealkylation sites (N-methyl/N-ethyl adjacent to an activating group) is 1. The quantitative estimate of drug-likeness (QED) is 0.838. The summed E-state index contributed by atoms with van der Waals surface area (Å²) >= 11 is 0. The molecular formula is C19H24N4O3. The number of nitrogens with zero attached hydrogens (tertiary/aromatic N) is 3. The summed E-state index contributed by atoms with van der Waals surface area (Å²) in [6.07, 6.45) is 0.930. The Morgan fingerprint density at radius 3 is 2.77 bits per heavy atom. The average Bonchev–Trinajstić information content (AvgIpc) is 3.05. The van der Waals surface area contributed by atoms with Gasteiger partial charge in [-0.2, -0.15) is 0 Å². The van der Waals surface area contributed by atoms with Crippen LogP contribution in [0.4, 0.5) is 0 Å². The first-order valence-corrected chi connectivity index (χ1v) is 8.76. The molecule has 1 aliphatic rings. The van der Waals surface area contributed by atoms with E-state index in [4.69, 9.17) is 4.52 Å². The Labute approximate surface area is 152 Å². The monoisotopic (exact) mass is 356 g/mol. The number of rotatable bonds is 6. The Morgan fingerprint density at radius 1 is 1.27 bits per heavy atom. The Morgan fingerprint density at radius 2 is 2.04 bits per heavy atom. The van der Waals surface area contributed by atoms with Crippen LogP contribution in [-0.2, 0) is 24.2 Å². The van der Waals surface area contributed by atoms with Gasteiger partial charge in [-0.05, 0) is 19.7 Å². The highest BCUT2D eigenvalue weighted by Crippen LogP contribution is 2.23. The molecule has 1 aromatic carbocycles. The van der Waals surface area contributed by atoms with Crippen LogP contribution in [0.25, 0.3) is 0 Å². The molecule has 0 unspecified atom stereocenters. The molecule has 0 saturated heterocycles. The number of nitrogens with one attached hydrogen (secondary N) is 1. The Bertz CT molecular complexity index is 770. The smallest absolute Gasteiger partial charge is 0.273 e. The number of hydrogen-bond acceptors (Lipinski definition) is 5. The van der Waals surface area contributed by atoms with Crippen molar-refractivity contribution < 1.29 is 14.1 Å². The molecule has 2 heterocycles. The number of benzene rings is 1. The summed E-state index contributed by atoms with van der Waals surface area (Å²) in [4.78, 5) is 28.7. The van der Waals surface area contributed by atoms with Crippen molar-refractivity contribution in [1.82, 2.24) is 20.3 Å². The molecule has 0 spiro atoms. The molecule has 3 rings (SSSR count). The maximum absolute atomic E-state index is 12.6. The van der Waals surface area contributed by atoms with E-state index < -0.39 is 0 Å². The highest BCUT2D eigenvalue weighted by atomic mass is 16.5. The Balaban J connectivity index is 1.65. The van der Waals surface area contributed by atoms with Crippen LogP contribution in [0, 0.1) is 0 Å². The molecule has 0 saturated carbocycles. The largest absolute Gasteiger partial charge is 0.360 e. The minimum absolute atomic E-state index is 0.0435. The van der Waals surface area contributed by atoms with Crippen LogP contribution < -0.4 is 5.32 Å². The van der Waals surface area contributed by atoms with E-state index in [1.807, 2.05) is 49.3 Å². The number of fused-ring (bicyclic) bond motifs is 1. The van der Waals surface area contributed by atoms with Crippen LogP contribution in [0.5, 0.6) is 0 Å². The summed E-state index contributed by atoms with van der Waals surface area (Å²) in [6.45, 7) is 2.22. The van der Waals surface area contributed by atoms with Crippen molar-refractivity contribution in [2.45, 2.75) is 19.4 Å². The summed E-state index contributed by atoms with van der Waals surface area (Å²) in [5.41, 5.74) is 1.99. The van der Waals surface area contributed by atoms with Crippen molar-refractivity contribution in [3.8, 4) is 0 Å². The molecule has 1 aliphatic heterocycles. The first-order valence-electron chi connectivity index (χ1n) is 8.76. The first-order chi connectivity index (χ1) is 12.5. The van der Waals surface area contributed by atoms with Crippen molar-refractivity contribution in [1.29, 1.82) is 0 Å². The van der Waals surface area contributed by atoms with Crippen LogP contribution in [0.3, 0.4) is 0 Å². The predicted molar refractivity (Wildman–Crippen MR) is 96.7 cm³/mol. The van der Waals surface area contributed by atoms with Gasteiger partial charge in [-0.25, -0.2) is 0 Å². The molecule has 0 bridgehead atoms. The van der Waals surface area contributed by atoms with Gasteiger partial charge >= 0.3 is 0 Å². The number of carbonyl (C=O) groups is 2. The van der Waals surface area contributed by atoms with E-state index in [9.17, 15) is 9.59 Å². The zero-order chi connectivity index (χ0) is 18.5. The lowest BCUT2D eigenvalue weighted by molar-refractivity contribution is -0.131. The fourth-order valence-electron chi connectivity index (χ4n) is 2.96. The minimum Gasteiger partial charge on any atom is -0.360 e. The van der Waals surface area contributed by atoms with E-state index in [0.29, 0.717) is 38.2 Å². The molecular weight excluding hydrogens is 332 g/mol. The van der Waals surface area contributed by atoms with Gasteiger partial charge in [0, 0.05) is 31.6 Å². The second kappa shape index (κ2) is 8.14. The standard InChI is InChI=1S/C19H24N4O3/c1-22(2)11-9-20-19(25)18-15-13-23(10-8-16(15)26-21-18)17(24)12-14-6-4-3-5-7-14/h3-7H,8-13H2,1-2H3,(H,20,25). The van der Waals surface area contributed by atoms with Gasteiger partial charge in [0.1, 0.15) is 5.76 Å². The zero-order valence-corrected chi connectivity index (χ0v) is 15.2. The molecule has 7 heteroatoms. The summed E-state index contributed by atoms with van der Waals surface area (Å²) in [6, 6.07) is 9.66. The molecule has 26 heavy (non-hydrogen) atoms. The van der Waals surface area contributed by atoms with Gasteiger partial charge in [-0.3, -0.25) is 9.59 Å². The van der Waals surface area contributed by atoms with E-state index in [0.717, 1.165) is 17.7 Å². The third-order valence-corrected chi connectivity index (χ3v) is 4.44. The van der Waals surface area contributed by atoms with Gasteiger partial charge in [0.15, 0.2) is 5.69 Å². The molecule has 1 N–H and O–H groups in total. The summed E-state index contributed by atoms with van der Waals surface area (Å²) in [5, 5.41) is 6.78. The number of carbonyl (C=O) groups excluding carboxylic acids is 2. The fourth-order valence-corrected chi connectivity index (χ4v) is 2.96. The van der Waals surface area contributed by atoms with Crippen molar-refractivity contribution in [2.75, 3.05) is 33.7 Å². The van der Waals surface area contributed by atoms with Gasteiger partial charge in [-0.15, -0.1) is 0 Å². The lowest BCUT2D eigenvalue weighted by atomic mass is 10.0. The molecule has 1 aromatic heterocycles.